The van der Waals surface area contributed by atoms with Crippen LogP contribution in [0.3, 0.4) is 0 Å². The van der Waals surface area contributed by atoms with Crippen LogP contribution in [0.2, 0.25) is 0 Å². The van der Waals surface area contributed by atoms with Gasteiger partial charge < -0.3 is 15.5 Å². The summed E-state index contributed by atoms with van der Waals surface area (Å²) in [5.74, 6) is 0.211. The van der Waals surface area contributed by atoms with Crippen LogP contribution in [0.5, 0.6) is 0 Å². The average molecular weight is 253 g/mol. The Kier molecular flexibility index (Phi) is 4.62. The van der Waals surface area contributed by atoms with Crippen molar-refractivity contribution in [2.75, 3.05) is 27.2 Å². The molecule has 1 atom stereocenters. The first-order valence-electron chi connectivity index (χ1n) is 7.30. The smallest absolute Gasteiger partial charge is 0.221 e. The van der Waals surface area contributed by atoms with Crippen LogP contribution in [0, 0.1) is 0 Å². The third-order valence-corrected chi connectivity index (χ3v) is 4.69. The molecule has 1 amide bonds. The van der Waals surface area contributed by atoms with Crippen molar-refractivity contribution in [2.45, 2.75) is 56.5 Å². The zero-order chi connectivity index (χ0) is 13.0. The minimum absolute atomic E-state index is 0.211. The van der Waals surface area contributed by atoms with Crippen LogP contribution in [0.15, 0.2) is 0 Å². The lowest BCUT2D eigenvalue weighted by Gasteiger charge is -2.47. The van der Waals surface area contributed by atoms with Gasteiger partial charge in [-0.1, -0.05) is 6.42 Å². The van der Waals surface area contributed by atoms with E-state index in [4.69, 9.17) is 0 Å². The highest BCUT2D eigenvalue weighted by atomic mass is 16.1. The Balaban J connectivity index is 1.70. The third kappa shape index (κ3) is 3.23. The molecule has 1 saturated carbocycles. The van der Waals surface area contributed by atoms with Crippen molar-refractivity contribution >= 4 is 5.91 Å². The molecule has 4 heteroatoms. The number of nitrogens with one attached hydrogen (secondary N) is 2. The Hall–Kier alpha value is -0.610. The van der Waals surface area contributed by atoms with Gasteiger partial charge in [0, 0.05) is 24.5 Å². The Labute approximate surface area is 110 Å². The molecule has 1 aliphatic heterocycles. The standard InChI is InChI=1S/C14H27N3O/c1-17(2)14(7-5-8-14)11-16-13(18)10-12-6-3-4-9-15-12/h12,15H,3-11H2,1-2H3,(H,16,18). The number of nitrogens with zero attached hydrogens (tertiary/aromatic N) is 1. The first kappa shape index (κ1) is 13.8. The van der Waals surface area contributed by atoms with E-state index >= 15 is 0 Å². The predicted molar refractivity (Wildman–Crippen MR) is 73.5 cm³/mol. The maximum atomic E-state index is 12.0. The molecule has 2 aliphatic rings. The van der Waals surface area contributed by atoms with E-state index in [1.807, 2.05) is 0 Å². The fourth-order valence-electron chi connectivity index (χ4n) is 3.02. The van der Waals surface area contributed by atoms with Crippen molar-refractivity contribution < 1.29 is 4.79 Å². The summed E-state index contributed by atoms with van der Waals surface area (Å²) < 4.78 is 0. The molecule has 4 nitrogen and oxygen atoms in total. The average Bonchev–Trinajstić information content (AvgIpc) is 2.28. The molecule has 1 unspecified atom stereocenters. The predicted octanol–water partition coefficient (Wildman–Crippen LogP) is 1.12. The molecule has 104 valence electrons. The fourth-order valence-corrected chi connectivity index (χ4v) is 3.02. The van der Waals surface area contributed by atoms with E-state index in [2.05, 4.69) is 29.6 Å². The zero-order valence-electron chi connectivity index (χ0n) is 11.8. The summed E-state index contributed by atoms with van der Waals surface area (Å²) in [5.41, 5.74) is 0.232. The number of amides is 1. The molecule has 2 rings (SSSR count). The van der Waals surface area contributed by atoms with Gasteiger partial charge in [0.2, 0.25) is 5.91 Å². The first-order valence-corrected chi connectivity index (χ1v) is 7.30. The third-order valence-electron chi connectivity index (χ3n) is 4.69. The second-order valence-electron chi connectivity index (χ2n) is 6.10. The van der Waals surface area contributed by atoms with Crippen LogP contribution in [0.4, 0.5) is 0 Å². The fraction of sp³-hybridized carbons (Fsp3) is 0.929. The van der Waals surface area contributed by atoms with Gasteiger partial charge in [-0.05, 0) is 52.7 Å². The van der Waals surface area contributed by atoms with Crippen LogP contribution < -0.4 is 10.6 Å². The van der Waals surface area contributed by atoms with E-state index in [0.717, 1.165) is 19.5 Å². The van der Waals surface area contributed by atoms with E-state index in [-0.39, 0.29) is 11.4 Å². The maximum absolute atomic E-state index is 12.0. The largest absolute Gasteiger partial charge is 0.354 e. The number of rotatable bonds is 5. The number of carbonyl (C=O) groups is 1. The van der Waals surface area contributed by atoms with Gasteiger partial charge in [0.05, 0.1) is 0 Å². The monoisotopic (exact) mass is 253 g/mol. The van der Waals surface area contributed by atoms with Crippen LogP contribution in [-0.2, 0) is 4.79 Å². The Bertz CT molecular complexity index is 281. The molecule has 1 aliphatic carbocycles. The molecule has 0 bridgehead atoms. The van der Waals surface area contributed by atoms with Crippen LogP contribution in [-0.4, -0.2) is 49.6 Å². The van der Waals surface area contributed by atoms with Gasteiger partial charge in [0.15, 0.2) is 0 Å². The Morgan fingerprint density at radius 2 is 2.11 bits per heavy atom. The lowest BCUT2D eigenvalue weighted by atomic mass is 9.75. The van der Waals surface area contributed by atoms with E-state index in [9.17, 15) is 4.79 Å². The summed E-state index contributed by atoms with van der Waals surface area (Å²) >= 11 is 0. The lowest BCUT2D eigenvalue weighted by molar-refractivity contribution is -0.122. The number of hydrogen-bond acceptors (Lipinski definition) is 3. The normalized spacial score (nSPS) is 26.7. The minimum atomic E-state index is 0.211. The minimum Gasteiger partial charge on any atom is -0.354 e. The molecule has 1 saturated heterocycles. The highest BCUT2D eigenvalue weighted by Crippen LogP contribution is 2.35. The van der Waals surface area contributed by atoms with Crippen molar-refractivity contribution in [3.05, 3.63) is 0 Å². The van der Waals surface area contributed by atoms with E-state index in [1.165, 1.54) is 32.1 Å². The molecule has 0 spiro atoms. The molecule has 0 aromatic heterocycles. The first-order chi connectivity index (χ1) is 8.62. The molecular formula is C14H27N3O. The summed E-state index contributed by atoms with van der Waals surface area (Å²) in [6, 6.07) is 0.399. The topological polar surface area (TPSA) is 44.4 Å². The van der Waals surface area contributed by atoms with Crippen molar-refractivity contribution in [3.63, 3.8) is 0 Å². The summed E-state index contributed by atoms with van der Waals surface area (Å²) in [6.45, 7) is 1.88. The van der Waals surface area contributed by atoms with Gasteiger partial charge >= 0.3 is 0 Å². The highest BCUT2D eigenvalue weighted by Gasteiger charge is 2.39. The van der Waals surface area contributed by atoms with Crippen LogP contribution in [0.25, 0.3) is 0 Å². The summed E-state index contributed by atoms with van der Waals surface area (Å²) in [5, 5.41) is 6.56. The Morgan fingerprint density at radius 1 is 1.33 bits per heavy atom. The molecule has 2 fully saturated rings. The molecule has 18 heavy (non-hydrogen) atoms. The molecule has 2 N–H and O–H groups in total. The van der Waals surface area contributed by atoms with Crippen molar-refractivity contribution in [3.8, 4) is 0 Å². The summed E-state index contributed by atoms with van der Waals surface area (Å²) in [4.78, 5) is 14.2. The Morgan fingerprint density at radius 3 is 2.61 bits per heavy atom. The van der Waals surface area contributed by atoms with Crippen molar-refractivity contribution in [1.29, 1.82) is 0 Å². The number of piperidine rings is 1. The number of likely N-dealkylation sites (N-methyl/N-ethyl adjacent to an activating group) is 1. The second kappa shape index (κ2) is 6.02. The SMILES string of the molecule is CN(C)C1(CNC(=O)CC2CCCCN2)CCC1. The van der Waals surface area contributed by atoms with E-state index < -0.39 is 0 Å². The number of carbonyl (C=O) groups excluding carboxylic acids is 1. The van der Waals surface area contributed by atoms with Gasteiger partial charge in [-0.2, -0.15) is 0 Å². The van der Waals surface area contributed by atoms with Gasteiger partial charge in [-0.3, -0.25) is 4.79 Å². The van der Waals surface area contributed by atoms with Gasteiger partial charge in [0.1, 0.15) is 0 Å². The van der Waals surface area contributed by atoms with Crippen LogP contribution >= 0.6 is 0 Å². The molecule has 0 radical (unpaired) electrons. The van der Waals surface area contributed by atoms with Crippen molar-refractivity contribution in [1.82, 2.24) is 15.5 Å². The van der Waals surface area contributed by atoms with Gasteiger partial charge in [0.25, 0.3) is 0 Å². The molecular weight excluding hydrogens is 226 g/mol. The van der Waals surface area contributed by atoms with Crippen molar-refractivity contribution in [2.24, 2.45) is 0 Å². The zero-order valence-corrected chi connectivity index (χ0v) is 11.8. The second-order valence-corrected chi connectivity index (χ2v) is 6.10. The highest BCUT2D eigenvalue weighted by molar-refractivity contribution is 5.76. The van der Waals surface area contributed by atoms with E-state index in [0.29, 0.717) is 12.5 Å². The number of hydrogen-bond donors (Lipinski definition) is 2. The van der Waals surface area contributed by atoms with Gasteiger partial charge in [-0.15, -0.1) is 0 Å². The van der Waals surface area contributed by atoms with Crippen LogP contribution in [0.1, 0.15) is 44.9 Å². The molecule has 0 aromatic carbocycles. The molecule has 0 aromatic rings. The summed E-state index contributed by atoms with van der Waals surface area (Å²) in [7, 11) is 4.24. The van der Waals surface area contributed by atoms with Gasteiger partial charge in [-0.25, -0.2) is 0 Å². The maximum Gasteiger partial charge on any atom is 0.221 e. The summed E-state index contributed by atoms with van der Waals surface area (Å²) in [6.07, 6.45) is 8.01. The van der Waals surface area contributed by atoms with E-state index in [1.54, 1.807) is 0 Å². The lowest BCUT2D eigenvalue weighted by Crippen LogP contribution is -2.57. The quantitative estimate of drug-likeness (QED) is 0.772. The molecule has 1 heterocycles.